The number of aromatic nitrogens is 1. The van der Waals surface area contributed by atoms with Crippen molar-refractivity contribution in [2.45, 2.75) is 6.92 Å². The first-order valence-corrected chi connectivity index (χ1v) is 9.87. The maximum absolute atomic E-state index is 13.0. The van der Waals surface area contributed by atoms with Crippen LogP contribution in [0.15, 0.2) is 66.9 Å². The van der Waals surface area contributed by atoms with Gasteiger partial charge in [-0.25, -0.2) is 14.6 Å². The molecule has 164 valence electrons. The third-order valence-electron chi connectivity index (χ3n) is 4.34. The number of esters is 1. The van der Waals surface area contributed by atoms with Crippen molar-refractivity contribution in [3.63, 3.8) is 0 Å². The van der Waals surface area contributed by atoms with Gasteiger partial charge in [0.1, 0.15) is 5.82 Å². The Kier molecular flexibility index (Phi) is 7.37. The summed E-state index contributed by atoms with van der Waals surface area (Å²) in [6.45, 7) is 2.27. The number of rotatable bonds is 7. The lowest BCUT2D eigenvalue weighted by Crippen LogP contribution is -2.28. The van der Waals surface area contributed by atoms with Crippen LogP contribution in [0, 0.1) is 0 Å². The van der Waals surface area contributed by atoms with Gasteiger partial charge >= 0.3 is 12.0 Å². The molecule has 3 aromatic rings. The number of pyridine rings is 1. The van der Waals surface area contributed by atoms with Crippen LogP contribution < -0.4 is 21.3 Å². The molecule has 3 amide bonds. The zero-order valence-corrected chi connectivity index (χ0v) is 17.6. The number of nitrogens with one attached hydrogen (secondary N) is 4. The van der Waals surface area contributed by atoms with Crippen molar-refractivity contribution in [1.82, 2.24) is 10.3 Å². The molecule has 0 aliphatic carbocycles. The van der Waals surface area contributed by atoms with Crippen LogP contribution in [0.2, 0.25) is 0 Å². The second-order valence-electron chi connectivity index (χ2n) is 6.61. The highest BCUT2D eigenvalue weighted by atomic mass is 16.5. The molecule has 32 heavy (non-hydrogen) atoms. The van der Waals surface area contributed by atoms with Crippen molar-refractivity contribution in [2.75, 3.05) is 29.6 Å². The van der Waals surface area contributed by atoms with Gasteiger partial charge < -0.3 is 20.7 Å². The van der Waals surface area contributed by atoms with E-state index in [2.05, 4.69) is 31.0 Å². The molecule has 3 rings (SSSR count). The number of hydrogen-bond donors (Lipinski definition) is 4. The van der Waals surface area contributed by atoms with Crippen LogP contribution in [-0.4, -0.2) is 36.5 Å². The van der Waals surface area contributed by atoms with Crippen LogP contribution in [0.3, 0.4) is 0 Å². The lowest BCUT2D eigenvalue weighted by molar-refractivity contribution is 0.0600. The molecule has 1 heterocycles. The number of nitrogens with zero attached hydrogens (tertiary/aromatic N) is 1. The molecule has 0 saturated heterocycles. The van der Waals surface area contributed by atoms with E-state index in [-0.39, 0.29) is 11.4 Å². The lowest BCUT2D eigenvalue weighted by Gasteiger charge is -2.14. The van der Waals surface area contributed by atoms with E-state index in [0.717, 1.165) is 5.69 Å². The Morgan fingerprint density at radius 3 is 2.31 bits per heavy atom. The van der Waals surface area contributed by atoms with Crippen molar-refractivity contribution in [3.8, 4) is 0 Å². The summed E-state index contributed by atoms with van der Waals surface area (Å²) in [4.78, 5) is 40.6. The van der Waals surface area contributed by atoms with E-state index in [1.807, 2.05) is 30.3 Å². The van der Waals surface area contributed by atoms with Crippen molar-refractivity contribution in [3.05, 3.63) is 78.0 Å². The van der Waals surface area contributed by atoms with E-state index in [1.165, 1.54) is 13.3 Å². The molecule has 0 atom stereocenters. The number of urea groups is 1. The molecule has 9 heteroatoms. The normalized spacial score (nSPS) is 10.1. The number of para-hydroxylation sites is 1. The minimum Gasteiger partial charge on any atom is -0.465 e. The van der Waals surface area contributed by atoms with Gasteiger partial charge in [-0.05, 0) is 43.3 Å². The minimum atomic E-state index is -0.461. The lowest BCUT2D eigenvalue weighted by atomic mass is 10.1. The summed E-state index contributed by atoms with van der Waals surface area (Å²) >= 11 is 0. The molecular weight excluding hydrogens is 410 g/mol. The summed E-state index contributed by atoms with van der Waals surface area (Å²) in [5.74, 6) is -0.587. The molecular formula is C23H23N5O4. The third kappa shape index (κ3) is 5.82. The molecule has 0 radical (unpaired) electrons. The van der Waals surface area contributed by atoms with E-state index >= 15 is 0 Å². The maximum atomic E-state index is 13.0. The van der Waals surface area contributed by atoms with Gasteiger partial charge in [0.05, 0.1) is 23.9 Å². The summed E-state index contributed by atoms with van der Waals surface area (Å²) in [7, 11) is 1.30. The zero-order valence-electron chi connectivity index (χ0n) is 17.6. The predicted octanol–water partition coefficient (Wildman–Crippen LogP) is 4.01. The summed E-state index contributed by atoms with van der Waals surface area (Å²) in [6, 6.07) is 16.8. The largest absolute Gasteiger partial charge is 0.465 e. The summed E-state index contributed by atoms with van der Waals surface area (Å²) in [5.41, 5.74) is 2.37. The molecule has 9 nitrogen and oxygen atoms in total. The number of carbonyl (C=O) groups is 3. The summed E-state index contributed by atoms with van der Waals surface area (Å²) in [6.07, 6.45) is 1.38. The zero-order chi connectivity index (χ0) is 22.9. The van der Waals surface area contributed by atoms with Gasteiger partial charge in [0.15, 0.2) is 0 Å². The fourth-order valence-electron chi connectivity index (χ4n) is 2.81. The van der Waals surface area contributed by atoms with Crippen LogP contribution in [0.5, 0.6) is 0 Å². The van der Waals surface area contributed by atoms with Gasteiger partial charge in [-0.3, -0.25) is 10.1 Å². The Labute approximate surface area is 185 Å². The molecule has 1 aromatic heterocycles. The van der Waals surface area contributed by atoms with Crippen LogP contribution in [0.1, 0.15) is 27.6 Å². The standard InChI is InChI=1S/C23H23N5O4/c1-3-24-23(31)28-20-13-19(26-16-7-5-4-6-8-16)18(14-25-20)21(29)27-17-11-9-15(10-12-17)22(30)32-2/h4-14H,3H2,1-2H3,(H,27,29)(H3,24,25,26,28,31). The fraction of sp³-hybridized carbons (Fsp3) is 0.130. The van der Waals surface area contributed by atoms with Gasteiger partial charge in [0, 0.05) is 30.2 Å². The number of hydrogen-bond acceptors (Lipinski definition) is 6. The Balaban J connectivity index is 1.85. The van der Waals surface area contributed by atoms with E-state index in [0.29, 0.717) is 23.5 Å². The molecule has 0 fully saturated rings. The van der Waals surface area contributed by atoms with E-state index in [1.54, 1.807) is 37.3 Å². The van der Waals surface area contributed by atoms with E-state index < -0.39 is 17.9 Å². The first-order valence-electron chi connectivity index (χ1n) is 9.87. The number of anilines is 4. The number of carbonyl (C=O) groups excluding carboxylic acids is 3. The molecule has 0 aliphatic rings. The molecule has 0 bridgehead atoms. The van der Waals surface area contributed by atoms with E-state index in [4.69, 9.17) is 0 Å². The maximum Gasteiger partial charge on any atom is 0.337 e. The number of ether oxygens (including phenoxy) is 1. The van der Waals surface area contributed by atoms with Gasteiger partial charge in [-0.15, -0.1) is 0 Å². The van der Waals surface area contributed by atoms with Gasteiger partial charge in [-0.1, -0.05) is 18.2 Å². The number of benzene rings is 2. The van der Waals surface area contributed by atoms with Crippen LogP contribution in [0.25, 0.3) is 0 Å². The highest BCUT2D eigenvalue weighted by molar-refractivity contribution is 6.09. The highest BCUT2D eigenvalue weighted by Crippen LogP contribution is 2.24. The topological polar surface area (TPSA) is 121 Å². The van der Waals surface area contributed by atoms with Crippen molar-refractivity contribution in [1.29, 1.82) is 0 Å². The average Bonchev–Trinajstić information content (AvgIpc) is 2.80. The first-order chi connectivity index (χ1) is 15.5. The smallest absolute Gasteiger partial charge is 0.337 e. The van der Waals surface area contributed by atoms with Crippen molar-refractivity contribution < 1.29 is 19.1 Å². The Morgan fingerprint density at radius 1 is 0.938 bits per heavy atom. The molecule has 2 aromatic carbocycles. The SMILES string of the molecule is CCNC(=O)Nc1cc(Nc2ccccc2)c(C(=O)Nc2ccc(C(=O)OC)cc2)cn1. The average molecular weight is 433 g/mol. The quantitative estimate of drug-likeness (QED) is 0.418. The molecule has 0 unspecified atom stereocenters. The molecule has 0 saturated carbocycles. The third-order valence-corrected chi connectivity index (χ3v) is 4.34. The van der Waals surface area contributed by atoms with Crippen molar-refractivity contribution in [2.24, 2.45) is 0 Å². The summed E-state index contributed by atoms with van der Waals surface area (Å²) < 4.78 is 4.68. The molecule has 0 spiro atoms. The fourth-order valence-corrected chi connectivity index (χ4v) is 2.81. The number of methoxy groups -OCH3 is 1. The molecule has 4 N–H and O–H groups in total. The van der Waals surface area contributed by atoms with Crippen molar-refractivity contribution >= 4 is 40.8 Å². The molecule has 0 aliphatic heterocycles. The Bertz CT molecular complexity index is 1100. The predicted molar refractivity (Wildman–Crippen MR) is 122 cm³/mol. The van der Waals surface area contributed by atoms with Gasteiger partial charge in [0.25, 0.3) is 5.91 Å². The highest BCUT2D eigenvalue weighted by Gasteiger charge is 2.15. The minimum absolute atomic E-state index is 0.271. The Morgan fingerprint density at radius 2 is 1.66 bits per heavy atom. The second kappa shape index (κ2) is 10.6. The van der Waals surface area contributed by atoms with Crippen LogP contribution in [-0.2, 0) is 4.74 Å². The summed E-state index contributed by atoms with van der Waals surface area (Å²) in [5, 5.41) is 11.2. The van der Waals surface area contributed by atoms with Crippen LogP contribution in [0.4, 0.5) is 27.7 Å². The van der Waals surface area contributed by atoms with E-state index in [9.17, 15) is 14.4 Å². The monoisotopic (exact) mass is 433 g/mol. The second-order valence-corrected chi connectivity index (χ2v) is 6.61. The first kappa shape index (κ1) is 22.3. The van der Waals surface area contributed by atoms with Gasteiger partial charge in [-0.2, -0.15) is 0 Å². The Hall–Kier alpha value is -4.40. The number of amides is 3. The van der Waals surface area contributed by atoms with Gasteiger partial charge in [0.2, 0.25) is 0 Å². The van der Waals surface area contributed by atoms with Crippen LogP contribution >= 0.6 is 0 Å².